The molecule has 0 fully saturated rings. The average Bonchev–Trinajstić information content (AvgIpc) is 3.00. The van der Waals surface area contributed by atoms with Crippen molar-refractivity contribution >= 4 is 28.6 Å². The molecule has 0 aliphatic heterocycles. The smallest absolute Gasteiger partial charge is 0.307 e. The molecule has 240 valence electrons. The van der Waals surface area contributed by atoms with Crippen molar-refractivity contribution in [3.05, 3.63) is 42.0 Å². The number of fused-ring (bicyclic) bond motifs is 1. The number of aromatic hydroxyl groups is 1. The molecule has 7 nitrogen and oxygen atoms in total. The Kier molecular flexibility index (Phi) is 18.8. The second-order valence-corrected chi connectivity index (χ2v) is 12.0. The molecular formula is C36H56N2O5. The maximum absolute atomic E-state index is 12.5. The molecule has 43 heavy (non-hydrogen) atoms. The fourth-order valence-corrected chi connectivity index (χ4v) is 5.60. The normalized spacial score (nSPS) is 11.8. The van der Waals surface area contributed by atoms with Gasteiger partial charge in [-0.25, -0.2) is 0 Å². The van der Waals surface area contributed by atoms with E-state index in [1.807, 2.05) is 18.2 Å². The highest BCUT2D eigenvalue weighted by Gasteiger charge is 2.20. The minimum Gasteiger partial charge on any atom is -0.506 e. The number of phenols is 1. The molecule has 0 spiro atoms. The third-order valence-corrected chi connectivity index (χ3v) is 8.29. The molecule has 2 rings (SSSR count). The zero-order valence-electron chi connectivity index (χ0n) is 26.5. The summed E-state index contributed by atoms with van der Waals surface area (Å²) < 4.78 is 0. The van der Waals surface area contributed by atoms with E-state index in [0.29, 0.717) is 31.3 Å². The van der Waals surface area contributed by atoms with Gasteiger partial charge >= 0.3 is 5.97 Å². The van der Waals surface area contributed by atoms with Crippen molar-refractivity contribution in [1.29, 1.82) is 0 Å². The third-order valence-electron chi connectivity index (χ3n) is 8.29. The summed E-state index contributed by atoms with van der Waals surface area (Å²) in [5.41, 5.74) is 0.209. The van der Waals surface area contributed by atoms with E-state index in [4.69, 9.17) is 0 Å². The van der Waals surface area contributed by atoms with E-state index < -0.39 is 11.9 Å². The topological polar surface area (TPSA) is 116 Å². The second kappa shape index (κ2) is 22.4. The van der Waals surface area contributed by atoms with Crippen LogP contribution >= 0.6 is 0 Å². The summed E-state index contributed by atoms with van der Waals surface area (Å²) in [5.74, 6) is -2.28. The van der Waals surface area contributed by atoms with Crippen LogP contribution in [0.15, 0.2) is 36.4 Å². The van der Waals surface area contributed by atoms with Gasteiger partial charge in [-0.15, -0.1) is 0 Å². The first kappa shape index (κ1) is 36.1. The number of benzene rings is 2. The van der Waals surface area contributed by atoms with Crippen molar-refractivity contribution in [2.75, 3.05) is 13.1 Å². The lowest BCUT2D eigenvalue weighted by molar-refractivity contribution is -0.144. The van der Waals surface area contributed by atoms with E-state index in [1.165, 1.54) is 83.5 Å². The van der Waals surface area contributed by atoms with E-state index in [-0.39, 0.29) is 29.5 Å². The van der Waals surface area contributed by atoms with Crippen LogP contribution in [0.25, 0.3) is 10.8 Å². The highest BCUT2D eigenvalue weighted by atomic mass is 16.4. The molecule has 0 bridgehead atoms. The van der Waals surface area contributed by atoms with Crippen molar-refractivity contribution in [3.63, 3.8) is 0 Å². The van der Waals surface area contributed by atoms with Crippen molar-refractivity contribution in [1.82, 2.24) is 10.6 Å². The first-order valence-electron chi connectivity index (χ1n) is 16.9. The molecule has 1 unspecified atom stereocenters. The van der Waals surface area contributed by atoms with Crippen LogP contribution in [0.4, 0.5) is 0 Å². The number of phenolic OH excluding ortho intramolecular Hbond substituents is 1. The van der Waals surface area contributed by atoms with Crippen LogP contribution in [0.5, 0.6) is 5.75 Å². The Labute approximate surface area is 259 Å². The molecule has 2 aromatic carbocycles. The molecule has 2 amide bonds. The summed E-state index contributed by atoms with van der Waals surface area (Å²) in [7, 11) is 0. The minimum atomic E-state index is -0.918. The number of aliphatic carboxylic acids is 1. The molecule has 0 saturated heterocycles. The standard InChI is InChI=1S/C36H56N2O5/c1-2-3-4-5-6-7-8-9-10-11-12-13-14-15-16-17-22-30(36(42)43)28-33(39)37-26-20-27-38-35(41)32-25-24-29-21-18-19-23-31(29)34(32)40/h18-19,21,23-25,30,40H,2-17,20,22,26-28H2,1H3,(H,37,39)(H,38,41)(H,42,43). The van der Waals surface area contributed by atoms with Gasteiger partial charge in [-0.1, -0.05) is 140 Å². The summed E-state index contributed by atoms with van der Waals surface area (Å²) >= 11 is 0. The van der Waals surface area contributed by atoms with Crippen molar-refractivity contribution in [2.24, 2.45) is 5.92 Å². The lowest BCUT2D eigenvalue weighted by Gasteiger charge is -2.13. The fraction of sp³-hybridized carbons (Fsp3) is 0.639. The number of carbonyl (C=O) groups excluding carboxylic acids is 2. The van der Waals surface area contributed by atoms with E-state index in [0.717, 1.165) is 24.6 Å². The van der Waals surface area contributed by atoms with Crippen molar-refractivity contribution in [2.45, 2.75) is 129 Å². The predicted molar refractivity (Wildman–Crippen MR) is 175 cm³/mol. The van der Waals surface area contributed by atoms with E-state index >= 15 is 0 Å². The van der Waals surface area contributed by atoms with Crippen molar-refractivity contribution in [3.8, 4) is 5.75 Å². The maximum Gasteiger partial charge on any atom is 0.307 e. The Hall–Kier alpha value is -3.09. The molecule has 4 N–H and O–H groups in total. The second-order valence-electron chi connectivity index (χ2n) is 12.0. The van der Waals surface area contributed by atoms with Gasteiger partial charge in [0.1, 0.15) is 5.75 Å². The number of carboxylic acids is 1. The highest BCUT2D eigenvalue weighted by Crippen LogP contribution is 2.28. The SMILES string of the molecule is CCCCCCCCCCCCCCCCCCC(CC(=O)NCCCNC(=O)c1ccc2ccccc2c1O)C(=O)O. The number of carbonyl (C=O) groups is 3. The summed E-state index contributed by atoms with van der Waals surface area (Å²) in [6.45, 7) is 2.93. The first-order chi connectivity index (χ1) is 20.9. The summed E-state index contributed by atoms with van der Waals surface area (Å²) in [5, 5.41) is 27.0. The summed E-state index contributed by atoms with van der Waals surface area (Å²) in [4.78, 5) is 36.5. The Bertz CT molecular complexity index is 1090. The van der Waals surface area contributed by atoms with E-state index in [1.54, 1.807) is 18.2 Å². The molecular weight excluding hydrogens is 540 g/mol. The molecule has 0 aromatic heterocycles. The number of carboxylic acid groups (broad SMARTS) is 1. The predicted octanol–water partition coefficient (Wildman–Crippen LogP) is 8.52. The van der Waals surface area contributed by atoms with Crippen LogP contribution in [0, 0.1) is 5.92 Å². The van der Waals surface area contributed by atoms with Crippen LogP contribution in [-0.4, -0.2) is 41.1 Å². The number of rotatable bonds is 25. The number of hydrogen-bond donors (Lipinski definition) is 4. The average molecular weight is 597 g/mol. The quantitative estimate of drug-likeness (QED) is 0.0858. The molecule has 2 aromatic rings. The van der Waals surface area contributed by atoms with Gasteiger partial charge in [0.05, 0.1) is 11.5 Å². The van der Waals surface area contributed by atoms with Crippen LogP contribution in [0.3, 0.4) is 0 Å². The lowest BCUT2D eigenvalue weighted by atomic mass is 9.96. The molecule has 1 atom stereocenters. The monoisotopic (exact) mass is 596 g/mol. The van der Waals surface area contributed by atoms with Crippen LogP contribution in [-0.2, 0) is 9.59 Å². The number of hydrogen-bond acceptors (Lipinski definition) is 4. The Balaban J connectivity index is 1.47. The number of amides is 2. The van der Waals surface area contributed by atoms with E-state index in [9.17, 15) is 24.6 Å². The maximum atomic E-state index is 12.5. The minimum absolute atomic E-state index is 0.0224. The van der Waals surface area contributed by atoms with Gasteiger partial charge in [0.25, 0.3) is 5.91 Å². The fourth-order valence-electron chi connectivity index (χ4n) is 5.60. The van der Waals surface area contributed by atoms with Crippen molar-refractivity contribution < 1.29 is 24.6 Å². The van der Waals surface area contributed by atoms with Gasteiger partial charge in [-0.3, -0.25) is 14.4 Å². The van der Waals surface area contributed by atoms with E-state index in [2.05, 4.69) is 17.6 Å². The van der Waals surface area contributed by atoms with Gasteiger partial charge in [0.2, 0.25) is 5.91 Å². The molecule has 0 aliphatic carbocycles. The lowest BCUT2D eigenvalue weighted by Crippen LogP contribution is -2.32. The van der Waals surface area contributed by atoms with Gasteiger partial charge in [-0.05, 0) is 24.3 Å². The van der Waals surface area contributed by atoms with Gasteiger partial charge in [0, 0.05) is 24.9 Å². The first-order valence-corrected chi connectivity index (χ1v) is 16.9. The Morgan fingerprint density at radius 3 is 1.79 bits per heavy atom. The largest absolute Gasteiger partial charge is 0.506 e. The molecule has 7 heteroatoms. The molecule has 0 saturated carbocycles. The van der Waals surface area contributed by atoms with Gasteiger partial charge in [-0.2, -0.15) is 0 Å². The molecule has 0 aliphatic rings. The van der Waals surface area contributed by atoms with Crippen LogP contribution in [0.1, 0.15) is 139 Å². The van der Waals surface area contributed by atoms with Crippen LogP contribution < -0.4 is 10.6 Å². The molecule has 0 radical (unpaired) electrons. The number of unbranched alkanes of at least 4 members (excludes halogenated alkanes) is 15. The van der Waals surface area contributed by atoms with Gasteiger partial charge < -0.3 is 20.8 Å². The Morgan fingerprint density at radius 1 is 0.674 bits per heavy atom. The zero-order chi connectivity index (χ0) is 31.1. The molecule has 0 heterocycles. The summed E-state index contributed by atoms with van der Waals surface area (Å²) in [6, 6.07) is 10.7. The third kappa shape index (κ3) is 15.3. The highest BCUT2D eigenvalue weighted by molar-refractivity contribution is 6.03. The zero-order valence-corrected chi connectivity index (χ0v) is 26.5. The van der Waals surface area contributed by atoms with Crippen LogP contribution in [0.2, 0.25) is 0 Å². The number of nitrogens with one attached hydrogen (secondary N) is 2. The Morgan fingerprint density at radius 2 is 1.21 bits per heavy atom. The summed E-state index contributed by atoms with van der Waals surface area (Å²) in [6.07, 6.45) is 21.4. The van der Waals surface area contributed by atoms with Gasteiger partial charge in [0.15, 0.2) is 0 Å².